The van der Waals surface area contributed by atoms with Gasteiger partial charge >= 0.3 is 6.18 Å². The van der Waals surface area contributed by atoms with Gasteiger partial charge in [-0.25, -0.2) is 9.50 Å². The lowest BCUT2D eigenvalue weighted by molar-refractivity contribution is -0.138. The van der Waals surface area contributed by atoms with Gasteiger partial charge in [0, 0.05) is 32.7 Å². The maximum Gasteiger partial charge on any atom is 0.417 e. The molecule has 0 radical (unpaired) electrons. The molecule has 0 aromatic carbocycles. The molecule has 1 N–H and O–H groups in total. The minimum absolute atomic E-state index is 0.0677. The lowest BCUT2D eigenvalue weighted by atomic mass is 10.2. The molecule has 5 rings (SSSR count). The average molecular weight is 491 g/mol. The Labute approximate surface area is 193 Å². The van der Waals surface area contributed by atoms with E-state index < -0.39 is 17.3 Å². The molecule has 0 unspecified atom stereocenters. The summed E-state index contributed by atoms with van der Waals surface area (Å²) >= 11 is 6.56. The van der Waals surface area contributed by atoms with Crippen LogP contribution in [0, 0.1) is 0 Å². The Balaban J connectivity index is 1.54. The van der Waals surface area contributed by atoms with Crippen molar-refractivity contribution in [2.75, 3.05) is 5.32 Å². The second kappa shape index (κ2) is 7.73. The Bertz CT molecular complexity index is 1620. The predicted molar refractivity (Wildman–Crippen MR) is 117 cm³/mol. The quantitative estimate of drug-likeness (QED) is 0.407. The van der Waals surface area contributed by atoms with Crippen LogP contribution in [-0.2, 0) is 20.3 Å². The molecule has 0 saturated heterocycles. The second-order valence-electron chi connectivity index (χ2n) is 7.30. The van der Waals surface area contributed by atoms with Gasteiger partial charge in [-0.3, -0.25) is 9.78 Å². The maximum absolute atomic E-state index is 13.2. The smallest absolute Gasteiger partial charge is 0.417 e. The molecule has 0 saturated carbocycles. The molecule has 0 aliphatic carbocycles. The number of fused-ring (bicyclic) bond motifs is 2. The first kappa shape index (κ1) is 21.7. The topological polar surface area (TPSA) is 104 Å². The molecule has 0 fully saturated rings. The van der Waals surface area contributed by atoms with Gasteiger partial charge in [0.05, 0.1) is 24.2 Å². The van der Waals surface area contributed by atoms with E-state index in [1.54, 1.807) is 30.2 Å². The van der Waals surface area contributed by atoms with Crippen molar-refractivity contribution in [3.63, 3.8) is 0 Å². The molecule has 0 spiro atoms. The number of hydrogen-bond acceptors (Lipinski definition) is 7. The zero-order chi connectivity index (χ0) is 24.2. The van der Waals surface area contributed by atoms with Crippen LogP contribution in [0.1, 0.15) is 5.56 Å². The van der Waals surface area contributed by atoms with Crippen LogP contribution in [0.5, 0.6) is 11.5 Å². The average Bonchev–Trinajstić information content (AvgIpc) is 3.34. The van der Waals surface area contributed by atoms with Gasteiger partial charge in [-0.05, 0) is 6.07 Å². The number of halogens is 4. The molecule has 5 aromatic heterocycles. The SMILES string of the molecule is Cn1cc(C(F)(F)F)cc(Nc2nc3ncc(Oc4cnn5ccncc45)c(Cl)c3n2C)c1=O. The highest BCUT2D eigenvalue weighted by Gasteiger charge is 2.32. The number of rotatable bonds is 4. The first-order valence-electron chi connectivity index (χ1n) is 9.64. The standard InChI is InChI=1S/C20H14ClF3N8O2/c1-30-9-10(20(22,23)24)5-11(18(30)33)28-19-29-17-16(31(19)2)15(21)14(7-26-17)34-13-8-27-32-4-3-25-6-12(13)32/h3-9H,1-2H3,(H,26,28,29). The summed E-state index contributed by atoms with van der Waals surface area (Å²) in [5.74, 6) is 0.666. The molecule has 14 heteroatoms. The Morgan fingerprint density at radius 1 is 1.15 bits per heavy atom. The van der Waals surface area contributed by atoms with Gasteiger partial charge in [-0.2, -0.15) is 23.3 Å². The third-order valence-electron chi connectivity index (χ3n) is 5.07. The highest BCUT2D eigenvalue weighted by Crippen LogP contribution is 2.37. The van der Waals surface area contributed by atoms with Crippen LogP contribution in [0.3, 0.4) is 0 Å². The Morgan fingerprint density at radius 2 is 1.94 bits per heavy atom. The number of aromatic nitrogens is 7. The number of nitrogens with one attached hydrogen (secondary N) is 1. The summed E-state index contributed by atoms with van der Waals surface area (Å²) in [5.41, 5.74) is -0.795. The monoisotopic (exact) mass is 490 g/mol. The van der Waals surface area contributed by atoms with E-state index in [0.29, 0.717) is 16.8 Å². The van der Waals surface area contributed by atoms with E-state index in [1.807, 2.05) is 0 Å². The van der Waals surface area contributed by atoms with Crippen molar-refractivity contribution >= 4 is 39.9 Å². The summed E-state index contributed by atoms with van der Waals surface area (Å²) in [6.07, 6.45) is 3.76. The van der Waals surface area contributed by atoms with Gasteiger partial charge in [-0.1, -0.05) is 11.6 Å². The van der Waals surface area contributed by atoms with Gasteiger partial charge in [0.25, 0.3) is 5.56 Å². The van der Waals surface area contributed by atoms with Crippen molar-refractivity contribution in [3.8, 4) is 11.5 Å². The Morgan fingerprint density at radius 3 is 2.71 bits per heavy atom. The summed E-state index contributed by atoms with van der Waals surface area (Å²) in [6, 6.07) is 0.727. The third kappa shape index (κ3) is 3.59. The minimum atomic E-state index is -4.63. The largest absolute Gasteiger partial charge is 0.450 e. The number of nitrogens with zero attached hydrogens (tertiary/aromatic N) is 7. The van der Waals surface area contributed by atoms with Crippen molar-refractivity contribution < 1.29 is 17.9 Å². The lowest BCUT2D eigenvalue weighted by Gasteiger charge is -2.12. The number of hydrogen-bond donors (Lipinski definition) is 1. The van der Waals surface area contributed by atoms with Crippen LogP contribution in [0.25, 0.3) is 16.7 Å². The molecule has 174 valence electrons. The number of ether oxygens (including phenoxy) is 1. The number of alkyl halides is 3. The number of anilines is 2. The van der Waals surface area contributed by atoms with Crippen molar-refractivity contribution in [3.05, 3.63) is 64.2 Å². The molecule has 0 aliphatic heterocycles. The summed E-state index contributed by atoms with van der Waals surface area (Å²) in [6.45, 7) is 0. The van der Waals surface area contributed by atoms with Crippen LogP contribution in [0.4, 0.5) is 24.8 Å². The molecule has 0 aliphatic rings. The fourth-order valence-corrected chi connectivity index (χ4v) is 3.68. The molecule has 10 nitrogen and oxygen atoms in total. The Kier molecular flexibility index (Phi) is 4.93. The fraction of sp³-hybridized carbons (Fsp3) is 0.150. The molecular formula is C20H14ClF3N8O2. The third-order valence-corrected chi connectivity index (χ3v) is 5.44. The summed E-state index contributed by atoms with van der Waals surface area (Å²) in [4.78, 5) is 24.9. The van der Waals surface area contributed by atoms with E-state index >= 15 is 0 Å². The van der Waals surface area contributed by atoms with Crippen LogP contribution in [0.15, 0.2) is 48.0 Å². The number of aryl methyl sites for hydroxylation is 2. The fourth-order valence-electron chi connectivity index (χ4n) is 3.38. The van der Waals surface area contributed by atoms with E-state index in [-0.39, 0.29) is 28.1 Å². The zero-order valence-corrected chi connectivity index (χ0v) is 18.3. The van der Waals surface area contributed by atoms with Crippen molar-refractivity contribution in [2.24, 2.45) is 14.1 Å². The molecule has 0 amide bonds. The minimum Gasteiger partial charge on any atom is -0.450 e. The molecule has 5 heterocycles. The van der Waals surface area contributed by atoms with Crippen LogP contribution in [0.2, 0.25) is 5.02 Å². The highest BCUT2D eigenvalue weighted by atomic mass is 35.5. The van der Waals surface area contributed by atoms with Crippen LogP contribution < -0.4 is 15.6 Å². The lowest BCUT2D eigenvalue weighted by Crippen LogP contribution is -2.23. The van der Waals surface area contributed by atoms with Crippen LogP contribution in [-0.4, -0.2) is 33.7 Å². The molecule has 0 atom stereocenters. The normalized spacial score (nSPS) is 11.9. The maximum atomic E-state index is 13.2. The van der Waals surface area contributed by atoms with Gasteiger partial charge < -0.3 is 19.2 Å². The van der Waals surface area contributed by atoms with E-state index in [1.165, 1.54) is 24.0 Å². The first-order valence-corrected chi connectivity index (χ1v) is 10.0. The second-order valence-corrected chi connectivity index (χ2v) is 7.68. The molecule has 34 heavy (non-hydrogen) atoms. The summed E-state index contributed by atoms with van der Waals surface area (Å²) in [7, 11) is 2.81. The molecule has 5 aromatic rings. The van der Waals surface area contributed by atoms with E-state index in [4.69, 9.17) is 16.3 Å². The number of pyridine rings is 2. The van der Waals surface area contributed by atoms with E-state index in [0.717, 1.165) is 16.8 Å². The number of imidazole rings is 1. The molecular weight excluding hydrogens is 477 g/mol. The van der Waals surface area contributed by atoms with Gasteiger partial charge in [0.1, 0.15) is 21.7 Å². The Hall–Kier alpha value is -4.13. The summed E-state index contributed by atoms with van der Waals surface area (Å²) in [5, 5.41) is 6.98. The van der Waals surface area contributed by atoms with E-state index in [2.05, 4.69) is 25.4 Å². The van der Waals surface area contributed by atoms with E-state index in [9.17, 15) is 18.0 Å². The first-order chi connectivity index (χ1) is 16.1. The predicted octanol–water partition coefficient (Wildman–Crippen LogP) is 3.92. The van der Waals surface area contributed by atoms with Crippen molar-refractivity contribution in [1.29, 1.82) is 0 Å². The van der Waals surface area contributed by atoms with Gasteiger partial charge in [0.15, 0.2) is 17.1 Å². The van der Waals surface area contributed by atoms with Crippen molar-refractivity contribution in [2.45, 2.75) is 6.18 Å². The van der Waals surface area contributed by atoms with Gasteiger partial charge in [-0.15, -0.1) is 0 Å². The highest BCUT2D eigenvalue weighted by molar-refractivity contribution is 6.36. The zero-order valence-electron chi connectivity index (χ0n) is 17.5. The van der Waals surface area contributed by atoms with Crippen LogP contribution >= 0.6 is 11.6 Å². The van der Waals surface area contributed by atoms with Gasteiger partial charge in [0.2, 0.25) is 5.95 Å². The molecule has 0 bridgehead atoms. The summed E-state index contributed by atoms with van der Waals surface area (Å²) < 4.78 is 49.4. The van der Waals surface area contributed by atoms with Crippen molar-refractivity contribution in [1.82, 2.24) is 33.7 Å².